The number of pyridine rings is 1. The number of anilines is 2. The fourth-order valence-corrected chi connectivity index (χ4v) is 1.72. The van der Waals surface area contributed by atoms with Gasteiger partial charge in [-0.15, -0.1) is 0 Å². The maximum atomic E-state index is 13.1. The van der Waals surface area contributed by atoms with Crippen molar-refractivity contribution < 1.29 is 4.39 Å². The molecular weight excluding hydrogens is 181 g/mol. The van der Waals surface area contributed by atoms with Crippen LogP contribution in [0.2, 0.25) is 0 Å². The van der Waals surface area contributed by atoms with Crippen LogP contribution in [0.3, 0.4) is 0 Å². The monoisotopic (exact) mass is 195 g/mol. The quantitative estimate of drug-likeness (QED) is 0.740. The Bertz CT molecular complexity index is 299. The van der Waals surface area contributed by atoms with Crippen molar-refractivity contribution in [3.63, 3.8) is 0 Å². The highest BCUT2D eigenvalue weighted by molar-refractivity contribution is 5.46. The Hall–Kier alpha value is -1.32. The highest BCUT2D eigenvalue weighted by Gasteiger charge is 2.19. The summed E-state index contributed by atoms with van der Waals surface area (Å²) in [6.07, 6.45) is 2.46. The maximum absolute atomic E-state index is 13.1. The Kier molecular flexibility index (Phi) is 2.52. The van der Waals surface area contributed by atoms with Gasteiger partial charge in [0.05, 0.1) is 18.4 Å². The molecule has 0 aliphatic carbocycles. The second-order valence-corrected chi connectivity index (χ2v) is 3.64. The molecule has 1 aromatic rings. The molecular formula is C10H14FN3. The molecule has 1 aliphatic heterocycles. The maximum Gasteiger partial charge on any atom is 0.128 e. The van der Waals surface area contributed by atoms with Gasteiger partial charge in [0.25, 0.3) is 0 Å². The summed E-state index contributed by atoms with van der Waals surface area (Å²) in [7, 11) is 0. The van der Waals surface area contributed by atoms with Crippen LogP contribution in [0, 0.1) is 0 Å². The number of nitrogen functional groups attached to an aromatic ring is 1. The predicted octanol–water partition coefficient (Wildman–Crippen LogP) is 1.60. The van der Waals surface area contributed by atoms with Crippen LogP contribution in [0.1, 0.15) is 12.8 Å². The summed E-state index contributed by atoms with van der Waals surface area (Å²) in [6.45, 7) is 1.34. The van der Waals surface area contributed by atoms with Crippen LogP contribution in [0.25, 0.3) is 0 Å². The SMILES string of the molecule is Nc1ccc(N2CCC[C@@H](F)C2)nc1. The summed E-state index contributed by atoms with van der Waals surface area (Å²) >= 11 is 0. The van der Waals surface area contributed by atoms with Gasteiger partial charge in [0.2, 0.25) is 0 Å². The summed E-state index contributed by atoms with van der Waals surface area (Å²) in [5, 5.41) is 0. The zero-order valence-corrected chi connectivity index (χ0v) is 7.99. The van der Waals surface area contributed by atoms with E-state index in [1.54, 1.807) is 12.3 Å². The van der Waals surface area contributed by atoms with Gasteiger partial charge in [0.15, 0.2) is 0 Å². The molecule has 0 amide bonds. The Labute approximate surface area is 82.7 Å². The summed E-state index contributed by atoms with van der Waals surface area (Å²) in [6, 6.07) is 3.64. The Morgan fingerprint density at radius 2 is 2.36 bits per heavy atom. The van der Waals surface area contributed by atoms with E-state index >= 15 is 0 Å². The lowest BCUT2D eigenvalue weighted by Gasteiger charge is -2.29. The van der Waals surface area contributed by atoms with Crippen LogP contribution >= 0.6 is 0 Å². The zero-order chi connectivity index (χ0) is 9.97. The van der Waals surface area contributed by atoms with Crippen molar-refractivity contribution in [2.45, 2.75) is 19.0 Å². The first kappa shape index (κ1) is 9.24. The van der Waals surface area contributed by atoms with Gasteiger partial charge in [-0.2, -0.15) is 0 Å². The van der Waals surface area contributed by atoms with Crippen molar-refractivity contribution in [2.24, 2.45) is 0 Å². The van der Waals surface area contributed by atoms with Crippen molar-refractivity contribution >= 4 is 11.5 Å². The van der Waals surface area contributed by atoms with Crippen LogP contribution < -0.4 is 10.6 Å². The normalized spacial score (nSPS) is 22.4. The van der Waals surface area contributed by atoms with Crippen LogP contribution in [0.15, 0.2) is 18.3 Å². The first-order valence-corrected chi connectivity index (χ1v) is 4.86. The molecule has 1 saturated heterocycles. The van der Waals surface area contributed by atoms with E-state index in [0.717, 1.165) is 18.8 Å². The molecule has 4 heteroatoms. The van der Waals surface area contributed by atoms with Crippen molar-refractivity contribution in [3.05, 3.63) is 18.3 Å². The number of hydrogen-bond acceptors (Lipinski definition) is 3. The second kappa shape index (κ2) is 3.82. The van der Waals surface area contributed by atoms with Gasteiger partial charge in [-0.05, 0) is 25.0 Å². The van der Waals surface area contributed by atoms with Crippen molar-refractivity contribution in [1.82, 2.24) is 4.98 Å². The smallest absolute Gasteiger partial charge is 0.128 e. The minimum absolute atomic E-state index is 0.455. The molecule has 0 radical (unpaired) electrons. The average molecular weight is 195 g/mol. The molecule has 1 atom stereocenters. The average Bonchev–Trinajstić information content (AvgIpc) is 2.19. The minimum atomic E-state index is -0.719. The van der Waals surface area contributed by atoms with E-state index in [-0.39, 0.29) is 0 Å². The number of halogens is 1. The number of piperidine rings is 1. The fourth-order valence-electron chi connectivity index (χ4n) is 1.72. The van der Waals surface area contributed by atoms with Crippen LogP contribution in [0.5, 0.6) is 0 Å². The summed E-state index contributed by atoms with van der Waals surface area (Å²) in [5.74, 6) is 0.821. The van der Waals surface area contributed by atoms with E-state index in [0.29, 0.717) is 18.7 Å². The molecule has 76 valence electrons. The van der Waals surface area contributed by atoms with Crippen LogP contribution in [-0.2, 0) is 0 Å². The molecule has 0 spiro atoms. The Morgan fingerprint density at radius 3 is 3.00 bits per heavy atom. The molecule has 0 aromatic carbocycles. The van der Waals surface area contributed by atoms with Crippen molar-refractivity contribution in [2.75, 3.05) is 23.7 Å². The number of hydrogen-bond donors (Lipinski definition) is 1. The molecule has 1 aromatic heterocycles. The molecule has 0 saturated carbocycles. The van der Waals surface area contributed by atoms with E-state index in [1.807, 2.05) is 11.0 Å². The lowest BCUT2D eigenvalue weighted by Crippen LogP contribution is -2.36. The summed E-state index contributed by atoms with van der Waals surface area (Å²) in [5.41, 5.74) is 6.17. The molecule has 2 rings (SSSR count). The molecule has 2 heterocycles. The van der Waals surface area contributed by atoms with E-state index < -0.39 is 6.17 Å². The second-order valence-electron chi connectivity index (χ2n) is 3.64. The highest BCUT2D eigenvalue weighted by atomic mass is 19.1. The number of alkyl halides is 1. The van der Waals surface area contributed by atoms with E-state index in [9.17, 15) is 4.39 Å². The molecule has 3 nitrogen and oxygen atoms in total. The topological polar surface area (TPSA) is 42.1 Å². The van der Waals surface area contributed by atoms with Gasteiger partial charge in [-0.1, -0.05) is 0 Å². The third kappa shape index (κ3) is 1.95. The van der Waals surface area contributed by atoms with Crippen LogP contribution in [-0.4, -0.2) is 24.2 Å². The minimum Gasteiger partial charge on any atom is -0.397 e. The molecule has 1 fully saturated rings. The van der Waals surface area contributed by atoms with E-state index in [2.05, 4.69) is 4.98 Å². The lowest BCUT2D eigenvalue weighted by molar-refractivity contribution is 0.286. The molecule has 1 aliphatic rings. The third-order valence-electron chi connectivity index (χ3n) is 2.46. The van der Waals surface area contributed by atoms with Crippen molar-refractivity contribution in [3.8, 4) is 0 Å². The van der Waals surface area contributed by atoms with Gasteiger partial charge >= 0.3 is 0 Å². The number of nitrogens with two attached hydrogens (primary N) is 1. The van der Waals surface area contributed by atoms with Gasteiger partial charge in [-0.3, -0.25) is 0 Å². The molecule has 2 N–H and O–H groups in total. The Balaban J connectivity index is 2.10. The van der Waals surface area contributed by atoms with Crippen LogP contribution in [0.4, 0.5) is 15.9 Å². The fraction of sp³-hybridized carbons (Fsp3) is 0.500. The lowest BCUT2D eigenvalue weighted by atomic mass is 10.1. The largest absolute Gasteiger partial charge is 0.397 e. The van der Waals surface area contributed by atoms with Gasteiger partial charge < -0.3 is 10.6 Å². The van der Waals surface area contributed by atoms with E-state index in [4.69, 9.17) is 5.73 Å². The zero-order valence-electron chi connectivity index (χ0n) is 7.99. The predicted molar refractivity (Wildman–Crippen MR) is 55.0 cm³/mol. The molecule has 0 unspecified atom stereocenters. The summed E-state index contributed by atoms with van der Waals surface area (Å²) in [4.78, 5) is 6.14. The van der Waals surface area contributed by atoms with Gasteiger partial charge in [0.1, 0.15) is 12.0 Å². The van der Waals surface area contributed by atoms with Gasteiger partial charge in [0, 0.05) is 6.54 Å². The number of rotatable bonds is 1. The molecule has 14 heavy (non-hydrogen) atoms. The summed E-state index contributed by atoms with van der Waals surface area (Å²) < 4.78 is 13.1. The Morgan fingerprint density at radius 1 is 1.50 bits per heavy atom. The number of aromatic nitrogens is 1. The van der Waals surface area contributed by atoms with Gasteiger partial charge in [-0.25, -0.2) is 9.37 Å². The van der Waals surface area contributed by atoms with Crippen molar-refractivity contribution in [1.29, 1.82) is 0 Å². The number of nitrogens with zero attached hydrogens (tertiary/aromatic N) is 2. The third-order valence-corrected chi connectivity index (χ3v) is 2.46. The standard InChI is InChI=1S/C10H14FN3/c11-8-2-1-5-14(7-8)10-4-3-9(12)6-13-10/h3-4,6,8H,1-2,5,7,12H2/t8-/m1/s1. The molecule has 0 bridgehead atoms. The first-order valence-electron chi connectivity index (χ1n) is 4.86. The highest BCUT2D eigenvalue weighted by Crippen LogP contribution is 2.19. The van der Waals surface area contributed by atoms with E-state index in [1.165, 1.54) is 0 Å². The first-order chi connectivity index (χ1) is 6.75.